The number of nitrogens with zero attached hydrogens (tertiary/aromatic N) is 1. The number of nitrogens with two attached hydrogens (primary N) is 1. The molecule has 0 aromatic heterocycles. The summed E-state index contributed by atoms with van der Waals surface area (Å²) in [5.74, 6) is 1.28. The first kappa shape index (κ1) is 37.6. The first-order valence-electron chi connectivity index (χ1n) is 18.8. The smallest absolute Gasteiger partial charge is 0.220 e. The highest BCUT2D eigenvalue weighted by atomic mass is 19.1. The Balaban J connectivity index is 1.20. The van der Waals surface area contributed by atoms with Crippen LogP contribution < -0.4 is 20.5 Å². The van der Waals surface area contributed by atoms with E-state index in [0.29, 0.717) is 19.4 Å². The molecule has 5 aromatic rings. The molecular weight excluding hydrogens is 662 g/mol. The van der Waals surface area contributed by atoms with Gasteiger partial charge in [0, 0.05) is 36.7 Å². The number of fused-ring (bicyclic) bond motifs is 1. The molecule has 6 rings (SSSR count). The number of hydrogen-bond donors (Lipinski definition) is 2. The van der Waals surface area contributed by atoms with Crippen molar-refractivity contribution in [3.8, 4) is 11.5 Å². The Morgan fingerprint density at radius 3 is 2.06 bits per heavy atom. The molecule has 1 amide bonds. The van der Waals surface area contributed by atoms with Crippen LogP contribution in [0.25, 0.3) is 0 Å². The van der Waals surface area contributed by atoms with Gasteiger partial charge in [0.25, 0.3) is 0 Å². The largest absolute Gasteiger partial charge is 0.493 e. The third-order valence-electron chi connectivity index (χ3n) is 10.9. The van der Waals surface area contributed by atoms with Crippen LogP contribution in [0.4, 0.5) is 10.1 Å². The van der Waals surface area contributed by atoms with Gasteiger partial charge in [0.2, 0.25) is 5.91 Å². The number of rotatable bonds is 17. The van der Waals surface area contributed by atoms with Crippen molar-refractivity contribution in [3.63, 3.8) is 0 Å². The summed E-state index contributed by atoms with van der Waals surface area (Å²) in [7, 11) is 3.40. The van der Waals surface area contributed by atoms with Gasteiger partial charge in [0.1, 0.15) is 5.82 Å². The zero-order chi connectivity index (χ0) is 37.0. The van der Waals surface area contributed by atoms with E-state index in [9.17, 15) is 9.18 Å². The molecule has 1 aliphatic heterocycles. The second-order valence-electron chi connectivity index (χ2n) is 14.2. The first-order valence-corrected chi connectivity index (χ1v) is 18.8. The Morgan fingerprint density at radius 2 is 1.42 bits per heavy atom. The van der Waals surface area contributed by atoms with Gasteiger partial charge in [-0.05, 0) is 121 Å². The number of benzene rings is 5. The van der Waals surface area contributed by atoms with Gasteiger partial charge in [0.05, 0.1) is 14.2 Å². The van der Waals surface area contributed by atoms with Crippen molar-refractivity contribution >= 4 is 11.6 Å². The van der Waals surface area contributed by atoms with Crippen LogP contribution in [0.2, 0.25) is 0 Å². The molecule has 0 saturated carbocycles. The van der Waals surface area contributed by atoms with E-state index >= 15 is 0 Å². The minimum Gasteiger partial charge on any atom is -0.493 e. The predicted molar refractivity (Wildman–Crippen MR) is 212 cm³/mol. The zero-order valence-electron chi connectivity index (χ0n) is 31.0. The standard InChI is InChI=1S/C46H52FN3O3/c1-52-43-32-36-25-30-50(42(41(36)33-44(43)53-2)31-35-17-22-40(48)23-18-35)29-10-27-46(37-11-5-3-6-12-37,38-13-7-4-8-14-38)26-9-28-49-45(51)24-19-34-15-20-39(47)21-16-34/h3-8,11-18,20-23,32-33,42H,9-10,19,24-31,48H2,1-2H3,(H,49,51). The molecule has 1 atom stereocenters. The van der Waals surface area contributed by atoms with Crippen LogP contribution in [0.5, 0.6) is 11.5 Å². The molecule has 1 unspecified atom stereocenters. The maximum Gasteiger partial charge on any atom is 0.220 e. The molecule has 7 heteroatoms. The fourth-order valence-corrected chi connectivity index (χ4v) is 8.05. The Morgan fingerprint density at radius 1 is 0.811 bits per heavy atom. The van der Waals surface area contributed by atoms with E-state index in [2.05, 4.69) is 95.1 Å². The summed E-state index contributed by atoms with van der Waals surface area (Å²) in [6, 6.07) is 40.9. The first-order chi connectivity index (χ1) is 25.9. The molecular formula is C46H52FN3O3. The van der Waals surface area contributed by atoms with Crippen molar-refractivity contribution < 1.29 is 18.7 Å². The van der Waals surface area contributed by atoms with Crippen LogP contribution in [0.15, 0.2) is 121 Å². The van der Waals surface area contributed by atoms with E-state index in [1.807, 2.05) is 12.1 Å². The van der Waals surface area contributed by atoms with E-state index in [1.165, 1.54) is 39.9 Å². The summed E-state index contributed by atoms with van der Waals surface area (Å²) in [6.45, 7) is 2.49. The fourth-order valence-electron chi connectivity index (χ4n) is 8.05. The van der Waals surface area contributed by atoms with Gasteiger partial charge in [-0.3, -0.25) is 9.69 Å². The Kier molecular flexibility index (Phi) is 12.8. The van der Waals surface area contributed by atoms with Crippen molar-refractivity contribution in [3.05, 3.63) is 161 Å². The van der Waals surface area contributed by atoms with Crippen LogP contribution in [0.3, 0.4) is 0 Å². The SMILES string of the molecule is COc1cc2c(cc1OC)C(Cc1ccc(N)cc1)N(CCCC(CCCNC(=O)CCc1ccc(F)cc1)(c1ccccc1)c1ccccc1)CC2. The van der Waals surface area contributed by atoms with E-state index in [4.69, 9.17) is 15.2 Å². The fraction of sp³-hybridized carbons (Fsp3) is 0.326. The van der Waals surface area contributed by atoms with Gasteiger partial charge in [-0.15, -0.1) is 0 Å². The Labute approximate surface area is 314 Å². The quantitative estimate of drug-likeness (QED) is 0.0744. The topological polar surface area (TPSA) is 76.8 Å². The van der Waals surface area contributed by atoms with Crippen molar-refractivity contribution in [2.24, 2.45) is 0 Å². The van der Waals surface area contributed by atoms with Gasteiger partial charge >= 0.3 is 0 Å². The monoisotopic (exact) mass is 713 g/mol. The summed E-state index contributed by atoms with van der Waals surface area (Å²) >= 11 is 0. The highest BCUT2D eigenvalue weighted by Crippen LogP contribution is 2.43. The lowest BCUT2D eigenvalue weighted by Gasteiger charge is -2.40. The lowest BCUT2D eigenvalue weighted by atomic mass is 9.68. The summed E-state index contributed by atoms with van der Waals surface area (Å²) in [4.78, 5) is 15.5. The molecule has 1 aliphatic rings. The van der Waals surface area contributed by atoms with Crippen molar-refractivity contribution in [1.29, 1.82) is 0 Å². The van der Waals surface area contributed by atoms with E-state index in [1.54, 1.807) is 26.4 Å². The number of carbonyl (C=O) groups is 1. The molecule has 0 bridgehead atoms. The molecule has 0 radical (unpaired) electrons. The van der Waals surface area contributed by atoms with Crippen LogP contribution in [-0.4, -0.2) is 44.7 Å². The molecule has 0 saturated heterocycles. The molecule has 6 nitrogen and oxygen atoms in total. The maximum absolute atomic E-state index is 13.3. The van der Waals surface area contributed by atoms with Crippen LogP contribution in [0.1, 0.15) is 71.5 Å². The minimum absolute atomic E-state index is 0.0196. The third-order valence-corrected chi connectivity index (χ3v) is 10.9. The van der Waals surface area contributed by atoms with Crippen LogP contribution in [0, 0.1) is 5.82 Å². The number of amides is 1. The number of aryl methyl sites for hydroxylation is 1. The summed E-state index contributed by atoms with van der Waals surface area (Å²) < 4.78 is 24.8. The Hall–Kier alpha value is -5.14. The molecule has 276 valence electrons. The van der Waals surface area contributed by atoms with E-state index in [0.717, 1.165) is 74.4 Å². The number of nitrogen functional groups attached to an aromatic ring is 1. The lowest BCUT2D eigenvalue weighted by molar-refractivity contribution is -0.121. The van der Waals surface area contributed by atoms with Crippen molar-refractivity contribution in [1.82, 2.24) is 10.2 Å². The molecule has 53 heavy (non-hydrogen) atoms. The van der Waals surface area contributed by atoms with Gasteiger partial charge in [-0.2, -0.15) is 0 Å². The number of nitrogens with one attached hydrogen (secondary N) is 1. The number of carbonyl (C=O) groups excluding carboxylic acids is 1. The van der Waals surface area contributed by atoms with Crippen LogP contribution in [-0.2, 0) is 29.5 Å². The number of anilines is 1. The van der Waals surface area contributed by atoms with E-state index in [-0.39, 0.29) is 23.2 Å². The number of methoxy groups -OCH3 is 2. The van der Waals surface area contributed by atoms with Crippen molar-refractivity contribution in [2.45, 2.75) is 62.8 Å². The van der Waals surface area contributed by atoms with Crippen LogP contribution >= 0.6 is 0 Å². The highest BCUT2D eigenvalue weighted by Gasteiger charge is 2.35. The summed E-state index contributed by atoms with van der Waals surface area (Å²) in [6.07, 6.45) is 6.47. The predicted octanol–water partition coefficient (Wildman–Crippen LogP) is 8.86. The minimum atomic E-state index is -0.264. The average molecular weight is 714 g/mol. The maximum atomic E-state index is 13.3. The number of ether oxygens (including phenoxy) is 2. The van der Waals surface area contributed by atoms with E-state index < -0.39 is 0 Å². The number of hydrogen-bond acceptors (Lipinski definition) is 5. The second kappa shape index (κ2) is 18.1. The average Bonchev–Trinajstić information content (AvgIpc) is 3.20. The van der Waals surface area contributed by atoms with Crippen molar-refractivity contribution in [2.75, 3.05) is 39.6 Å². The summed E-state index contributed by atoms with van der Waals surface area (Å²) in [5, 5.41) is 3.16. The Bertz CT molecular complexity index is 1860. The zero-order valence-corrected chi connectivity index (χ0v) is 31.0. The van der Waals surface area contributed by atoms with Gasteiger partial charge in [0.15, 0.2) is 11.5 Å². The molecule has 1 heterocycles. The summed E-state index contributed by atoms with van der Waals surface area (Å²) in [5.41, 5.74) is 14.0. The highest BCUT2D eigenvalue weighted by molar-refractivity contribution is 5.76. The van der Waals surface area contributed by atoms with Gasteiger partial charge < -0.3 is 20.5 Å². The molecule has 0 aliphatic carbocycles. The molecule has 5 aromatic carbocycles. The van der Waals surface area contributed by atoms with Gasteiger partial charge in [-0.1, -0.05) is 84.9 Å². The number of halogens is 1. The molecule has 0 fully saturated rings. The normalized spacial score (nSPS) is 14.4. The third kappa shape index (κ3) is 9.46. The van der Waals surface area contributed by atoms with Gasteiger partial charge in [-0.25, -0.2) is 4.39 Å². The molecule has 3 N–H and O–H groups in total. The lowest BCUT2D eigenvalue weighted by Crippen LogP contribution is -2.38. The second-order valence-corrected chi connectivity index (χ2v) is 14.2. The molecule has 0 spiro atoms.